The number of hydrogen-bond donors (Lipinski definition) is 1. The van der Waals surface area contributed by atoms with Gasteiger partial charge in [-0.1, -0.05) is 41.4 Å². The van der Waals surface area contributed by atoms with E-state index in [0.717, 1.165) is 16.7 Å². The molecule has 0 atom stereocenters. The predicted molar refractivity (Wildman–Crippen MR) is 107 cm³/mol. The highest BCUT2D eigenvalue weighted by molar-refractivity contribution is 6.30. The summed E-state index contributed by atoms with van der Waals surface area (Å²) in [4.78, 5) is 12.4. The minimum atomic E-state index is -0.481. The summed E-state index contributed by atoms with van der Waals surface area (Å²) in [5.41, 5.74) is 3.49. The van der Waals surface area contributed by atoms with Gasteiger partial charge in [-0.25, -0.2) is 0 Å². The first-order valence-electron chi connectivity index (χ1n) is 8.32. The van der Waals surface area contributed by atoms with Gasteiger partial charge in [0.2, 0.25) is 0 Å². The molecule has 134 valence electrons. The molecule has 3 rings (SSSR count). The van der Waals surface area contributed by atoms with Crippen LogP contribution in [0.15, 0.2) is 64.6 Å². The fourth-order valence-corrected chi connectivity index (χ4v) is 2.85. The summed E-state index contributed by atoms with van der Waals surface area (Å²) in [6.07, 6.45) is 1.42. The molecule has 0 radical (unpaired) electrons. The number of nitrogens with zero attached hydrogens (tertiary/aromatic N) is 1. The van der Waals surface area contributed by atoms with Crippen LogP contribution in [0.1, 0.15) is 16.9 Å². The fourth-order valence-electron chi connectivity index (χ4n) is 2.66. The number of benzene rings is 2. The average Bonchev–Trinajstić information content (AvgIpc) is 3.10. The first-order valence-corrected chi connectivity index (χ1v) is 8.70. The van der Waals surface area contributed by atoms with Gasteiger partial charge in [-0.05, 0) is 49.7 Å². The van der Waals surface area contributed by atoms with Gasteiger partial charge in [0.1, 0.15) is 23.2 Å². The van der Waals surface area contributed by atoms with Crippen molar-refractivity contribution in [2.75, 3.05) is 5.32 Å². The lowest BCUT2D eigenvalue weighted by Gasteiger charge is -2.08. The number of anilines is 1. The largest absolute Gasteiger partial charge is 0.457 e. The maximum absolute atomic E-state index is 12.4. The first kappa shape index (κ1) is 18.5. The second-order valence-corrected chi connectivity index (χ2v) is 6.59. The Kier molecular flexibility index (Phi) is 5.44. The van der Waals surface area contributed by atoms with E-state index in [4.69, 9.17) is 16.0 Å². The number of carbonyl (C=O) groups excluding carboxylic acids is 1. The normalized spacial score (nSPS) is 11.1. The fraction of sp³-hybridized carbons (Fsp3) is 0.0909. The minimum absolute atomic E-state index is 0.0398. The van der Waals surface area contributed by atoms with Gasteiger partial charge in [0, 0.05) is 22.3 Å². The molecule has 0 saturated carbocycles. The van der Waals surface area contributed by atoms with E-state index in [2.05, 4.69) is 5.32 Å². The molecule has 27 heavy (non-hydrogen) atoms. The van der Waals surface area contributed by atoms with Crippen LogP contribution in [0.2, 0.25) is 5.02 Å². The highest BCUT2D eigenvalue weighted by Crippen LogP contribution is 2.26. The van der Waals surface area contributed by atoms with Crippen LogP contribution in [0.3, 0.4) is 0 Å². The molecule has 0 unspecified atom stereocenters. The molecule has 3 aromatic rings. The van der Waals surface area contributed by atoms with Gasteiger partial charge in [0.05, 0.1) is 0 Å². The Morgan fingerprint density at radius 1 is 1.15 bits per heavy atom. The molecule has 4 nitrogen and oxygen atoms in total. The molecule has 1 heterocycles. The summed E-state index contributed by atoms with van der Waals surface area (Å²) in [5, 5.41) is 12.7. The predicted octanol–water partition coefficient (Wildman–Crippen LogP) is 5.76. The number of halogens is 1. The molecule has 5 heteroatoms. The molecule has 1 aromatic heterocycles. The highest BCUT2D eigenvalue weighted by atomic mass is 35.5. The molecule has 0 bridgehead atoms. The van der Waals surface area contributed by atoms with Crippen molar-refractivity contribution >= 4 is 29.3 Å². The Bertz CT molecular complexity index is 1070. The summed E-state index contributed by atoms with van der Waals surface area (Å²) in [7, 11) is 0. The Morgan fingerprint density at radius 3 is 2.67 bits per heavy atom. The summed E-state index contributed by atoms with van der Waals surface area (Å²) < 4.78 is 5.73. The highest BCUT2D eigenvalue weighted by Gasteiger charge is 2.12. The van der Waals surface area contributed by atoms with E-state index in [0.29, 0.717) is 22.2 Å². The Balaban J connectivity index is 1.82. The molecule has 0 aliphatic carbocycles. The number of carbonyl (C=O) groups is 1. The molecule has 0 aliphatic heterocycles. The lowest BCUT2D eigenvalue weighted by molar-refractivity contribution is -0.112. The van der Waals surface area contributed by atoms with Crippen LogP contribution in [0.4, 0.5) is 5.69 Å². The zero-order valence-electron chi connectivity index (χ0n) is 14.9. The first-order chi connectivity index (χ1) is 13.0. The van der Waals surface area contributed by atoms with Crippen LogP contribution in [0.5, 0.6) is 0 Å². The van der Waals surface area contributed by atoms with E-state index in [1.165, 1.54) is 6.08 Å². The molecular weight excluding hydrogens is 360 g/mol. The Labute approximate surface area is 162 Å². The number of amides is 1. The third-order valence-electron chi connectivity index (χ3n) is 4.02. The van der Waals surface area contributed by atoms with Crippen LogP contribution in [-0.2, 0) is 4.79 Å². The second-order valence-electron chi connectivity index (χ2n) is 6.15. The number of aryl methyl sites for hydroxylation is 2. The summed E-state index contributed by atoms with van der Waals surface area (Å²) in [6, 6.07) is 18.4. The maximum atomic E-state index is 12.4. The molecule has 0 fully saturated rings. The Morgan fingerprint density at radius 2 is 1.96 bits per heavy atom. The van der Waals surface area contributed by atoms with Crippen LogP contribution in [0.25, 0.3) is 17.4 Å². The number of hydrogen-bond acceptors (Lipinski definition) is 3. The van der Waals surface area contributed by atoms with Gasteiger partial charge in [-0.3, -0.25) is 4.79 Å². The van der Waals surface area contributed by atoms with Gasteiger partial charge >= 0.3 is 0 Å². The monoisotopic (exact) mass is 376 g/mol. The van der Waals surface area contributed by atoms with E-state index in [-0.39, 0.29) is 5.57 Å². The third kappa shape index (κ3) is 4.46. The van der Waals surface area contributed by atoms with Crippen LogP contribution in [-0.4, -0.2) is 5.91 Å². The van der Waals surface area contributed by atoms with Crippen molar-refractivity contribution in [2.24, 2.45) is 0 Å². The van der Waals surface area contributed by atoms with Crippen LogP contribution < -0.4 is 5.32 Å². The molecule has 2 aromatic carbocycles. The molecule has 0 aliphatic rings. The van der Waals surface area contributed by atoms with E-state index < -0.39 is 5.91 Å². The lowest BCUT2D eigenvalue weighted by atomic mass is 10.1. The number of nitriles is 1. The van der Waals surface area contributed by atoms with Gasteiger partial charge in [-0.2, -0.15) is 5.26 Å². The van der Waals surface area contributed by atoms with Gasteiger partial charge < -0.3 is 9.73 Å². The maximum Gasteiger partial charge on any atom is 0.266 e. The van der Waals surface area contributed by atoms with Crippen LogP contribution in [0, 0.1) is 25.2 Å². The third-order valence-corrected chi connectivity index (χ3v) is 4.25. The number of rotatable bonds is 4. The lowest BCUT2D eigenvalue weighted by Crippen LogP contribution is -2.14. The van der Waals surface area contributed by atoms with E-state index in [1.807, 2.05) is 50.2 Å². The molecule has 0 spiro atoms. The van der Waals surface area contributed by atoms with Crippen LogP contribution >= 0.6 is 11.6 Å². The molecular formula is C22H17ClN2O2. The minimum Gasteiger partial charge on any atom is -0.457 e. The summed E-state index contributed by atoms with van der Waals surface area (Å²) in [5.74, 6) is 0.540. The van der Waals surface area contributed by atoms with E-state index in [1.54, 1.807) is 24.3 Å². The second kappa shape index (κ2) is 7.94. The number of nitrogens with one attached hydrogen (secondary N) is 1. The van der Waals surface area contributed by atoms with Gasteiger partial charge in [0.25, 0.3) is 5.91 Å². The zero-order chi connectivity index (χ0) is 19.4. The van der Waals surface area contributed by atoms with Crippen molar-refractivity contribution in [3.05, 3.63) is 82.1 Å². The standard InChI is InChI=1S/C22H17ClN2O2/c1-14-6-8-20(15(2)10-14)25-22(26)17(13-24)12-19-7-9-21(27-19)16-4-3-5-18(23)11-16/h3-12H,1-2H3,(H,25,26)/b17-12+. The van der Waals surface area contributed by atoms with Crippen molar-refractivity contribution in [3.63, 3.8) is 0 Å². The molecule has 0 saturated heterocycles. The SMILES string of the molecule is Cc1ccc(NC(=O)/C(C#N)=C/c2ccc(-c3cccc(Cl)c3)o2)c(C)c1. The van der Waals surface area contributed by atoms with Crippen molar-refractivity contribution in [3.8, 4) is 17.4 Å². The van der Waals surface area contributed by atoms with E-state index >= 15 is 0 Å². The summed E-state index contributed by atoms with van der Waals surface area (Å²) >= 11 is 6.00. The van der Waals surface area contributed by atoms with Crippen molar-refractivity contribution < 1.29 is 9.21 Å². The number of furan rings is 1. The molecule has 1 amide bonds. The van der Waals surface area contributed by atoms with Crippen molar-refractivity contribution in [1.29, 1.82) is 5.26 Å². The van der Waals surface area contributed by atoms with Crippen molar-refractivity contribution in [2.45, 2.75) is 13.8 Å². The van der Waals surface area contributed by atoms with Crippen molar-refractivity contribution in [1.82, 2.24) is 0 Å². The topological polar surface area (TPSA) is 66.0 Å². The molecule has 1 N–H and O–H groups in total. The zero-order valence-corrected chi connectivity index (χ0v) is 15.7. The quantitative estimate of drug-likeness (QED) is 0.464. The average molecular weight is 377 g/mol. The van der Waals surface area contributed by atoms with Gasteiger partial charge in [-0.15, -0.1) is 0 Å². The Hall–Kier alpha value is -3.29. The van der Waals surface area contributed by atoms with Gasteiger partial charge in [0.15, 0.2) is 0 Å². The smallest absolute Gasteiger partial charge is 0.266 e. The summed E-state index contributed by atoms with van der Waals surface area (Å²) in [6.45, 7) is 3.88. The van der Waals surface area contributed by atoms with E-state index in [9.17, 15) is 10.1 Å².